The molecule has 1 aromatic heterocycles. The first-order valence-corrected chi connectivity index (χ1v) is 17.1. The molecule has 49 heavy (non-hydrogen) atoms. The highest BCUT2D eigenvalue weighted by atomic mass is 32.2. The van der Waals surface area contributed by atoms with E-state index in [1.165, 1.54) is 6.07 Å². The molecule has 0 radical (unpaired) electrons. The van der Waals surface area contributed by atoms with Crippen LogP contribution in [0.1, 0.15) is 5.56 Å². The zero-order valence-corrected chi connectivity index (χ0v) is 27.0. The van der Waals surface area contributed by atoms with Gasteiger partial charge in [-0.25, -0.2) is 0 Å². The summed E-state index contributed by atoms with van der Waals surface area (Å²) in [4.78, 5) is 3.92. The van der Waals surface area contributed by atoms with Gasteiger partial charge in [-0.05, 0) is 66.7 Å². The molecule has 0 aliphatic carbocycles. The van der Waals surface area contributed by atoms with Crippen LogP contribution in [0.15, 0.2) is 146 Å². The van der Waals surface area contributed by atoms with Crippen molar-refractivity contribution in [1.29, 1.82) is 5.26 Å². The second kappa shape index (κ2) is 12.6. The van der Waals surface area contributed by atoms with Crippen LogP contribution in [-0.2, 0) is 10.1 Å². The fourth-order valence-corrected chi connectivity index (χ4v) is 7.50. The van der Waals surface area contributed by atoms with E-state index in [1.807, 2.05) is 155 Å². The van der Waals surface area contributed by atoms with Crippen molar-refractivity contribution in [3.8, 4) is 11.8 Å². The van der Waals surface area contributed by atoms with Crippen molar-refractivity contribution >= 4 is 75.8 Å². The Kier molecular flexibility index (Phi) is 8.20. The molecule has 7 rings (SSSR count). The van der Waals surface area contributed by atoms with Gasteiger partial charge < -0.3 is 14.0 Å². The largest absolute Gasteiger partial charge is 0.534 e. The average Bonchev–Trinajstić information content (AvgIpc) is 3.50. The fourth-order valence-electron chi connectivity index (χ4n) is 5.72. The summed E-state index contributed by atoms with van der Waals surface area (Å²) in [5.74, 6) is -0.676. The zero-order valence-electron chi connectivity index (χ0n) is 25.4. The van der Waals surface area contributed by atoms with Crippen LogP contribution < -0.4 is 14.0 Å². The third kappa shape index (κ3) is 5.92. The van der Waals surface area contributed by atoms with Crippen molar-refractivity contribution in [1.82, 2.24) is 0 Å². The maximum atomic E-state index is 13.7. The molecule has 0 spiro atoms. The molecule has 6 nitrogen and oxygen atoms in total. The highest BCUT2D eigenvalue weighted by molar-refractivity contribution is 7.88. The molecule has 0 bridgehead atoms. The topological polar surface area (TPSA) is 73.6 Å². The maximum absolute atomic E-state index is 13.7. The molecule has 6 aromatic carbocycles. The van der Waals surface area contributed by atoms with Gasteiger partial charge in [0.2, 0.25) is 0 Å². The number of benzene rings is 6. The van der Waals surface area contributed by atoms with Crippen molar-refractivity contribution in [2.75, 3.05) is 9.80 Å². The molecule has 0 unspecified atom stereocenters. The lowest BCUT2D eigenvalue weighted by molar-refractivity contribution is -0.0499. The first kappa shape index (κ1) is 31.8. The van der Waals surface area contributed by atoms with Crippen LogP contribution in [0.4, 0.5) is 47.3 Å². The minimum atomic E-state index is -6.11. The molecule has 0 saturated heterocycles. The fraction of sp³-hybridized carbons (Fsp3) is 0.0263. The van der Waals surface area contributed by atoms with Crippen LogP contribution in [0.25, 0.3) is 20.2 Å². The van der Waals surface area contributed by atoms with E-state index in [0.29, 0.717) is 32.5 Å². The van der Waals surface area contributed by atoms with Crippen LogP contribution in [0.5, 0.6) is 5.75 Å². The molecule has 1 heterocycles. The minimum Gasteiger partial charge on any atom is -0.373 e. The number of rotatable bonds is 8. The smallest absolute Gasteiger partial charge is 0.373 e. The van der Waals surface area contributed by atoms with E-state index in [0.717, 1.165) is 28.4 Å². The van der Waals surface area contributed by atoms with Crippen molar-refractivity contribution < 1.29 is 25.8 Å². The van der Waals surface area contributed by atoms with Crippen molar-refractivity contribution in [3.05, 3.63) is 151 Å². The SMILES string of the molecule is N#Cc1cc(N(c2ccccc2)c2ccccc2)c2c(sc3cc(N(c4ccccc4)c4ccccc4)ccc32)c1OS(=O)(=O)C(F)(F)F. The van der Waals surface area contributed by atoms with Gasteiger partial charge in [-0.2, -0.15) is 26.9 Å². The predicted molar refractivity (Wildman–Crippen MR) is 189 cm³/mol. The lowest BCUT2D eigenvalue weighted by Crippen LogP contribution is -2.28. The lowest BCUT2D eigenvalue weighted by Gasteiger charge is -2.27. The number of halogens is 3. The summed E-state index contributed by atoms with van der Waals surface area (Å²) in [5.41, 5.74) is -1.68. The normalized spacial score (nSPS) is 11.7. The molecule has 0 amide bonds. The monoisotopic (exact) mass is 691 g/mol. The predicted octanol–water partition coefficient (Wildman–Crippen LogP) is 11.1. The Balaban J connectivity index is 1.55. The second-order valence-corrected chi connectivity index (χ2v) is 13.5. The van der Waals surface area contributed by atoms with Gasteiger partial charge in [0.1, 0.15) is 6.07 Å². The molecule has 0 fully saturated rings. The van der Waals surface area contributed by atoms with Crippen LogP contribution in [-0.4, -0.2) is 13.9 Å². The summed E-state index contributed by atoms with van der Waals surface area (Å²) >= 11 is 1.05. The molecular formula is C38H24F3N3O3S2. The molecule has 0 aliphatic heterocycles. The van der Waals surface area contributed by atoms with E-state index in [9.17, 15) is 26.9 Å². The molecule has 11 heteroatoms. The summed E-state index contributed by atoms with van der Waals surface area (Å²) in [6, 6.07) is 46.9. The summed E-state index contributed by atoms with van der Waals surface area (Å²) < 4.78 is 71.3. The zero-order chi connectivity index (χ0) is 34.2. The lowest BCUT2D eigenvalue weighted by atomic mass is 10.0. The third-order valence-corrected chi connectivity index (χ3v) is 9.92. The number of nitriles is 1. The van der Waals surface area contributed by atoms with Gasteiger partial charge in [0.05, 0.1) is 16.0 Å². The number of anilines is 6. The Morgan fingerprint density at radius 2 is 1.10 bits per heavy atom. The second-order valence-electron chi connectivity index (χ2n) is 10.9. The van der Waals surface area contributed by atoms with Gasteiger partial charge in [0.15, 0.2) is 5.75 Å². The van der Waals surface area contributed by atoms with Crippen molar-refractivity contribution in [3.63, 3.8) is 0 Å². The van der Waals surface area contributed by atoms with E-state index < -0.39 is 21.4 Å². The Labute approximate surface area is 284 Å². The van der Waals surface area contributed by atoms with Crippen LogP contribution >= 0.6 is 11.3 Å². The number of hydrogen-bond donors (Lipinski definition) is 0. The molecule has 0 atom stereocenters. The van der Waals surface area contributed by atoms with Gasteiger partial charge in [0.25, 0.3) is 0 Å². The first-order chi connectivity index (χ1) is 23.7. The number of nitrogens with zero attached hydrogens (tertiary/aromatic N) is 3. The Hall–Kier alpha value is -5.83. The summed E-state index contributed by atoms with van der Waals surface area (Å²) in [6.45, 7) is 0. The molecule has 7 aromatic rings. The van der Waals surface area contributed by atoms with E-state index in [4.69, 9.17) is 4.18 Å². The summed E-state index contributed by atoms with van der Waals surface area (Å²) in [5, 5.41) is 11.3. The molecule has 242 valence electrons. The number of fused-ring (bicyclic) bond motifs is 3. The highest BCUT2D eigenvalue weighted by Gasteiger charge is 2.49. The molecular weight excluding hydrogens is 668 g/mol. The number of alkyl halides is 3. The van der Waals surface area contributed by atoms with Crippen LogP contribution in [0.2, 0.25) is 0 Å². The highest BCUT2D eigenvalue weighted by Crippen LogP contribution is 2.51. The number of para-hydroxylation sites is 4. The number of thiophene rings is 1. The van der Waals surface area contributed by atoms with E-state index in [1.54, 1.807) is 0 Å². The van der Waals surface area contributed by atoms with Gasteiger partial charge in [0, 0.05) is 43.9 Å². The summed E-state index contributed by atoms with van der Waals surface area (Å²) in [6.07, 6.45) is 0. The quantitative estimate of drug-likeness (QED) is 0.117. The third-order valence-electron chi connectivity index (χ3n) is 7.82. The van der Waals surface area contributed by atoms with E-state index in [2.05, 4.69) is 0 Å². The van der Waals surface area contributed by atoms with Crippen molar-refractivity contribution in [2.45, 2.75) is 5.51 Å². The van der Waals surface area contributed by atoms with Crippen LogP contribution in [0, 0.1) is 11.3 Å². The van der Waals surface area contributed by atoms with Crippen LogP contribution in [0.3, 0.4) is 0 Å². The molecule has 0 N–H and O–H groups in total. The van der Waals surface area contributed by atoms with Gasteiger partial charge in [-0.3, -0.25) is 0 Å². The Bertz CT molecular complexity index is 2350. The van der Waals surface area contributed by atoms with Gasteiger partial charge in [-0.1, -0.05) is 78.9 Å². The average molecular weight is 692 g/mol. The molecule has 0 saturated carbocycles. The van der Waals surface area contributed by atoms with Gasteiger partial charge >= 0.3 is 15.6 Å². The van der Waals surface area contributed by atoms with Gasteiger partial charge in [-0.15, -0.1) is 11.3 Å². The van der Waals surface area contributed by atoms with Crippen molar-refractivity contribution in [2.24, 2.45) is 0 Å². The maximum Gasteiger partial charge on any atom is 0.534 e. The Morgan fingerprint density at radius 3 is 1.55 bits per heavy atom. The standard InChI is InChI=1S/C38H24F3N3O3S2/c39-38(40,41)49(45,46)47-36-26(25-42)23-33(44(29-17-9-3-10-18-29)30-19-11-4-12-20-30)35-32-22-21-31(24-34(32)48-37(35)36)43(27-13-5-1-6-14-27)28-15-7-2-8-16-28/h1-24H. The minimum absolute atomic E-state index is 0.0804. The molecule has 0 aliphatic rings. The first-order valence-electron chi connectivity index (χ1n) is 14.9. The number of hydrogen-bond acceptors (Lipinski definition) is 7. The Morgan fingerprint density at radius 1 is 0.633 bits per heavy atom. The van der Waals surface area contributed by atoms with E-state index >= 15 is 0 Å². The van der Waals surface area contributed by atoms with E-state index in [-0.39, 0.29) is 10.3 Å². The summed E-state index contributed by atoms with van der Waals surface area (Å²) in [7, 11) is -6.11.